The summed E-state index contributed by atoms with van der Waals surface area (Å²) in [5.41, 5.74) is 7.18. The van der Waals surface area contributed by atoms with Crippen molar-refractivity contribution in [2.45, 2.75) is 25.7 Å². The fraction of sp³-hybridized carbons (Fsp3) is 0.538. The molecule has 1 nitrogen and oxygen atoms in total. The number of thioether (sulfide) groups is 1. The normalized spacial score (nSPS) is 12.7. The van der Waals surface area contributed by atoms with Crippen LogP contribution in [0, 0.1) is 0 Å². The highest BCUT2D eigenvalue weighted by molar-refractivity contribution is 7.99. The van der Waals surface area contributed by atoms with Crippen molar-refractivity contribution in [1.29, 1.82) is 0 Å². The van der Waals surface area contributed by atoms with Crippen LogP contribution < -0.4 is 5.73 Å². The maximum absolute atomic E-state index is 5.81. The Kier molecular flexibility index (Phi) is 6.53. The van der Waals surface area contributed by atoms with E-state index in [4.69, 9.17) is 5.73 Å². The lowest BCUT2D eigenvalue weighted by Gasteiger charge is -2.14. The zero-order valence-electron chi connectivity index (χ0n) is 9.49. The Morgan fingerprint density at radius 2 is 2.00 bits per heavy atom. The summed E-state index contributed by atoms with van der Waals surface area (Å²) in [6.45, 7) is 2.99. The van der Waals surface area contributed by atoms with Gasteiger partial charge in [-0.3, -0.25) is 0 Å². The van der Waals surface area contributed by atoms with E-state index in [2.05, 4.69) is 37.3 Å². The molecule has 0 spiro atoms. The summed E-state index contributed by atoms with van der Waals surface area (Å²) < 4.78 is 0. The van der Waals surface area contributed by atoms with E-state index in [0.717, 1.165) is 12.3 Å². The molecule has 2 heteroatoms. The lowest BCUT2D eigenvalue weighted by molar-refractivity contribution is 0.783. The molecule has 0 heterocycles. The number of hydrogen-bond acceptors (Lipinski definition) is 2. The van der Waals surface area contributed by atoms with Crippen LogP contribution in [0.3, 0.4) is 0 Å². The molecule has 1 atom stereocenters. The smallest absolute Gasteiger partial charge is 0.00519 e. The van der Waals surface area contributed by atoms with Gasteiger partial charge in [0.25, 0.3) is 0 Å². The lowest BCUT2D eigenvalue weighted by Crippen LogP contribution is -2.14. The maximum atomic E-state index is 5.81. The van der Waals surface area contributed by atoms with Crippen LogP contribution in [0.25, 0.3) is 0 Å². The Hall–Kier alpha value is -0.470. The van der Waals surface area contributed by atoms with Gasteiger partial charge in [0, 0.05) is 11.7 Å². The number of unbranched alkanes of at least 4 members (excludes halogenated alkanes) is 1. The molecule has 0 aromatic heterocycles. The van der Waals surface area contributed by atoms with Crippen molar-refractivity contribution in [1.82, 2.24) is 0 Å². The van der Waals surface area contributed by atoms with Crippen LogP contribution in [0.5, 0.6) is 0 Å². The van der Waals surface area contributed by atoms with Gasteiger partial charge in [-0.1, -0.05) is 43.7 Å². The van der Waals surface area contributed by atoms with Crippen molar-refractivity contribution in [3.63, 3.8) is 0 Å². The molecule has 1 rings (SSSR count). The van der Waals surface area contributed by atoms with Gasteiger partial charge in [-0.15, -0.1) is 0 Å². The first-order valence-electron chi connectivity index (χ1n) is 5.71. The van der Waals surface area contributed by atoms with Crippen molar-refractivity contribution in [2.75, 3.05) is 18.1 Å². The van der Waals surface area contributed by atoms with E-state index in [0.29, 0.717) is 5.92 Å². The van der Waals surface area contributed by atoms with E-state index in [9.17, 15) is 0 Å². The van der Waals surface area contributed by atoms with Crippen LogP contribution in [0.2, 0.25) is 0 Å². The maximum Gasteiger partial charge on any atom is 0.00519 e. The van der Waals surface area contributed by atoms with Crippen LogP contribution in [-0.4, -0.2) is 18.1 Å². The predicted octanol–water partition coefficient (Wildman–Crippen LogP) is 3.26. The second-order valence-corrected chi connectivity index (χ2v) is 4.92. The summed E-state index contributed by atoms with van der Waals surface area (Å²) in [4.78, 5) is 0. The molecule has 15 heavy (non-hydrogen) atoms. The van der Waals surface area contributed by atoms with Crippen LogP contribution in [-0.2, 0) is 0 Å². The molecule has 0 bridgehead atoms. The average molecular weight is 223 g/mol. The number of benzene rings is 1. The van der Waals surface area contributed by atoms with E-state index in [-0.39, 0.29) is 0 Å². The second kappa shape index (κ2) is 7.77. The van der Waals surface area contributed by atoms with Gasteiger partial charge in [-0.2, -0.15) is 11.8 Å². The van der Waals surface area contributed by atoms with Crippen molar-refractivity contribution < 1.29 is 0 Å². The summed E-state index contributed by atoms with van der Waals surface area (Å²) in [6, 6.07) is 10.6. The molecule has 0 radical (unpaired) electrons. The molecule has 84 valence electrons. The Balaban J connectivity index is 2.36. The molecular weight excluding hydrogens is 202 g/mol. The summed E-state index contributed by atoms with van der Waals surface area (Å²) in [7, 11) is 0. The fourth-order valence-electron chi connectivity index (χ4n) is 1.50. The molecule has 0 aliphatic rings. The van der Waals surface area contributed by atoms with Gasteiger partial charge in [0.2, 0.25) is 0 Å². The molecule has 0 saturated carbocycles. The van der Waals surface area contributed by atoms with Crippen molar-refractivity contribution in [3.8, 4) is 0 Å². The Morgan fingerprint density at radius 1 is 1.27 bits per heavy atom. The van der Waals surface area contributed by atoms with Gasteiger partial charge in [0.05, 0.1) is 0 Å². The highest BCUT2D eigenvalue weighted by atomic mass is 32.2. The molecule has 1 unspecified atom stereocenters. The largest absolute Gasteiger partial charge is 0.330 e. The third-order valence-corrected chi connectivity index (χ3v) is 3.73. The quantitative estimate of drug-likeness (QED) is 0.718. The Morgan fingerprint density at radius 3 is 2.60 bits per heavy atom. The standard InChI is InChI=1S/C13H21NS/c1-2-3-9-15-11-13(10-14)12-7-5-4-6-8-12/h4-8,13H,2-3,9-11,14H2,1H3. The highest BCUT2D eigenvalue weighted by Crippen LogP contribution is 2.20. The summed E-state index contributed by atoms with van der Waals surface area (Å²) in [5.74, 6) is 2.94. The van der Waals surface area contributed by atoms with Crippen molar-refractivity contribution in [3.05, 3.63) is 35.9 Å². The zero-order valence-corrected chi connectivity index (χ0v) is 10.3. The predicted molar refractivity (Wildman–Crippen MR) is 70.5 cm³/mol. The first kappa shape index (κ1) is 12.6. The van der Waals surface area contributed by atoms with E-state index in [1.54, 1.807) is 0 Å². The van der Waals surface area contributed by atoms with E-state index < -0.39 is 0 Å². The van der Waals surface area contributed by atoms with Crippen molar-refractivity contribution in [2.24, 2.45) is 5.73 Å². The topological polar surface area (TPSA) is 26.0 Å². The second-order valence-electron chi connectivity index (χ2n) is 3.77. The third-order valence-electron chi connectivity index (χ3n) is 2.52. The zero-order chi connectivity index (χ0) is 10.9. The SMILES string of the molecule is CCCCSCC(CN)c1ccccc1. The van der Waals surface area contributed by atoms with E-state index >= 15 is 0 Å². The Labute approximate surface area is 97.4 Å². The minimum atomic E-state index is 0.521. The average Bonchev–Trinajstić information content (AvgIpc) is 2.30. The molecule has 1 aromatic carbocycles. The number of hydrogen-bond donors (Lipinski definition) is 1. The van der Waals surface area contributed by atoms with Crippen LogP contribution in [0.1, 0.15) is 31.2 Å². The molecular formula is C13H21NS. The summed E-state index contributed by atoms with van der Waals surface area (Å²) in [5, 5.41) is 0. The van der Waals surface area contributed by atoms with Crippen LogP contribution in [0.4, 0.5) is 0 Å². The number of rotatable bonds is 7. The van der Waals surface area contributed by atoms with E-state index in [1.165, 1.54) is 24.2 Å². The lowest BCUT2D eigenvalue weighted by atomic mass is 10.0. The Bertz CT molecular complexity index is 248. The minimum Gasteiger partial charge on any atom is -0.330 e. The minimum absolute atomic E-state index is 0.521. The highest BCUT2D eigenvalue weighted by Gasteiger charge is 2.08. The molecule has 0 aliphatic carbocycles. The van der Waals surface area contributed by atoms with Gasteiger partial charge in [-0.05, 0) is 24.3 Å². The monoisotopic (exact) mass is 223 g/mol. The molecule has 2 N–H and O–H groups in total. The van der Waals surface area contributed by atoms with Crippen LogP contribution in [0.15, 0.2) is 30.3 Å². The van der Waals surface area contributed by atoms with Crippen molar-refractivity contribution >= 4 is 11.8 Å². The van der Waals surface area contributed by atoms with Gasteiger partial charge in [0.1, 0.15) is 0 Å². The molecule has 0 saturated heterocycles. The first-order chi connectivity index (χ1) is 7.38. The third kappa shape index (κ3) is 4.72. The first-order valence-corrected chi connectivity index (χ1v) is 6.86. The summed E-state index contributed by atoms with van der Waals surface area (Å²) in [6.07, 6.45) is 2.60. The molecule has 0 aliphatic heterocycles. The van der Waals surface area contributed by atoms with Gasteiger partial charge >= 0.3 is 0 Å². The fourth-order valence-corrected chi connectivity index (χ4v) is 2.77. The molecule has 0 amide bonds. The number of nitrogens with two attached hydrogens (primary N) is 1. The van der Waals surface area contributed by atoms with Crippen LogP contribution >= 0.6 is 11.8 Å². The molecule has 0 fully saturated rings. The van der Waals surface area contributed by atoms with Gasteiger partial charge in [0.15, 0.2) is 0 Å². The molecule has 1 aromatic rings. The van der Waals surface area contributed by atoms with E-state index in [1.807, 2.05) is 11.8 Å². The summed E-state index contributed by atoms with van der Waals surface area (Å²) >= 11 is 2.03. The van der Waals surface area contributed by atoms with Gasteiger partial charge in [-0.25, -0.2) is 0 Å². The van der Waals surface area contributed by atoms with Gasteiger partial charge < -0.3 is 5.73 Å².